The van der Waals surface area contributed by atoms with Crippen LogP contribution in [0.3, 0.4) is 0 Å². The highest BCUT2D eigenvalue weighted by atomic mass is 32.2. The molecule has 0 radical (unpaired) electrons. The molecule has 0 fully saturated rings. The molecule has 0 heterocycles. The molecule has 7 nitrogen and oxygen atoms in total. The molecule has 2 aromatic rings. The van der Waals surface area contributed by atoms with Crippen molar-refractivity contribution < 1.29 is 32.4 Å². The molecule has 0 amide bonds. The number of carbonyl (C=O) groups excluding carboxylic acids is 2. The van der Waals surface area contributed by atoms with E-state index in [2.05, 4.69) is 20.8 Å². The Morgan fingerprint density at radius 3 is 1.53 bits per heavy atom. The van der Waals surface area contributed by atoms with Crippen molar-refractivity contribution in [2.75, 3.05) is 6.61 Å². The van der Waals surface area contributed by atoms with Crippen LogP contribution >= 0.6 is 9.90 Å². The molecule has 280 valence electrons. The summed E-state index contributed by atoms with van der Waals surface area (Å²) in [5.41, 5.74) is 0.373. The maximum absolute atomic E-state index is 12.6. The first-order valence-electron chi connectivity index (χ1n) is 19.0. The summed E-state index contributed by atoms with van der Waals surface area (Å²) in [6, 6.07) is 6.08. The molecule has 49 heavy (non-hydrogen) atoms. The van der Waals surface area contributed by atoms with Gasteiger partial charge < -0.3 is 14.6 Å². The van der Waals surface area contributed by atoms with Gasteiger partial charge in [-0.2, -0.15) is 8.42 Å². The molecule has 1 unspecified atom stereocenters. The van der Waals surface area contributed by atoms with Gasteiger partial charge in [-0.3, -0.25) is 4.55 Å². The number of ether oxygens (including phenoxy) is 1. The van der Waals surface area contributed by atoms with Crippen molar-refractivity contribution in [1.82, 2.24) is 0 Å². The lowest BCUT2D eigenvalue weighted by molar-refractivity contribution is -0.255. The van der Waals surface area contributed by atoms with E-state index < -0.39 is 27.0 Å². The Kier molecular flexibility index (Phi) is 23.0. The Morgan fingerprint density at radius 1 is 0.653 bits per heavy atom. The monoisotopic (exact) mass is 722 g/mol. The van der Waals surface area contributed by atoms with E-state index >= 15 is 0 Å². The maximum atomic E-state index is 12.6. The van der Waals surface area contributed by atoms with Gasteiger partial charge in [-0.05, 0) is 76.6 Å². The molecule has 2 aromatic carbocycles. The largest absolute Gasteiger partial charge is 0.545 e. The molecule has 0 spiro atoms. The van der Waals surface area contributed by atoms with Crippen molar-refractivity contribution in [3.05, 3.63) is 41.5 Å². The molecule has 0 saturated carbocycles. The third-order valence-electron chi connectivity index (χ3n) is 9.93. The minimum atomic E-state index is -4.65. The fraction of sp³-hybridized carbons (Fsp3) is 0.700. The van der Waals surface area contributed by atoms with E-state index in [9.17, 15) is 27.7 Å². The minimum Gasteiger partial charge on any atom is -0.545 e. The number of esters is 1. The van der Waals surface area contributed by atoms with Gasteiger partial charge >= 0.3 is 5.97 Å². The van der Waals surface area contributed by atoms with Crippen LogP contribution in [0.1, 0.15) is 189 Å². The van der Waals surface area contributed by atoms with E-state index in [0.717, 1.165) is 25.3 Å². The summed E-state index contributed by atoms with van der Waals surface area (Å²) in [5, 5.41) is 11.5. The van der Waals surface area contributed by atoms with Gasteiger partial charge in [0.25, 0.3) is 10.1 Å². The minimum absolute atomic E-state index is 0. The van der Waals surface area contributed by atoms with E-state index in [1.54, 1.807) is 0 Å². The molecule has 2 rings (SSSR count). The van der Waals surface area contributed by atoms with Crippen LogP contribution in [0.2, 0.25) is 0 Å². The second-order valence-corrected chi connectivity index (χ2v) is 15.4. The Labute approximate surface area is 301 Å². The Hall–Kier alpha value is -2.02. The van der Waals surface area contributed by atoms with Crippen molar-refractivity contribution >= 4 is 42.7 Å². The summed E-state index contributed by atoms with van der Waals surface area (Å²) in [6.07, 6.45) is 29.7. The summed E-state index contributed by atoms with van der Waals surface area (Å²) in [7, 11) is -4.65. The summed E-state index contributed by atoms with van der Waals surface area (Å²) in [5.74, 6) is -2.15. The molecule has 0 bridgehead atoms. The van der Waals surface area contributed by atoms with Gasteiger partial charge in [0.1, 0.15) is 4.90 Å². The Morgan fingerprint density at radius 2 is 1.08 bits per heavy atom. The zero-order chi connectivity index (χ0) is 35.3. The predicted octanol–water partition coefficient (Wildman–Crippen LogP) is 10.4. The molecular formula is C40H67O7PS. The quantitative estimate of drug-likeness (QED) is 0.0402. The van der Waals surface area contributed by atoms with Crippen LogP contribution in [0.4, 0.5) is 0 Å². The standard InChI is InChI=1S/C40H64O7S.H3P/c1-4-7-25-40(26-8-5-2,27-9-6-3)28-21-19-17-15-13-11-10-12-14-16-18-20-22-29-47-39(43)35-31-34-30-33(38(41)42)23-24-36(34)37(32-35)48(44,45)46;/h23-24,30-32H,4-22,25-29H2,1-3H3,(H,41,42)(H,44,45,46);1H3. The number of carbonyl (C=O) groups is 2. The first-order valence-corrected chi connectivity index (χ1v) is 20.4. The van der Waals surface area contributed by atoms with E-state index in [1.807, 2.05) is 0 Å². The fourth-order valence-corrected chi connectivity index (χ4v) is 7.73. The first kappa shape index (κ1) is 45.0. The summed E-state index contributed by atoms with van der Waals surface area (Å²) >= 11 is 0. The van der Waals surface area contributed by atoms with E-state index in [4.69, 9.17) is 4.74 Å². The molecule has 9 heteroatoms. The van der Waals surface area contributed by atoms with E-state index in [0.29, 0.717) is 11.8 Å². The van der Waals surface area contributed by atoms with E-state index in [-0.39, 0.29) is 38.4 Å². The van der Waals surface area contributed by atoms with Crippen molar-refractivity contribution in [2.45, 2.75) is 173 Å². The van der Waals surface area contributed by atoms with Gasteiger partial charge in [-0.15, -0.1) is 0 Å². The van der Waals surface area contributed by atoms with Crippen LogP contribution in [-0.2, 0) is 14.9 Å². The molecule has 0 aliphatic carbocycles. The third kappa shape index (κ3) is 17.2. The number of hydrogen-bond acceptors (Lipinski definition) is 6. The normalized spacial score (nSPS) is 11.8. The molecule has 1 atom stereocenters. The summed E-state index contributed by atoms with van der Waals surface area (Å²) in [4.78, 5) is 23.4. The van der Waals surface area contributed by atoms with Gasteiger partial charge in [0.05, 0.1) is 18.1 Å². The van der Waals surface area contributed by atoms with Crippen molar-refractivity contribution in [3.63, 3.8) is 0 Å². The number of carboxylic acids is 1. The van der Waals surface area contributed by atoms with Crippen molar-refractivity contribution in [3.8, 4) is 0 Å². The van der Waals surface area contributed by atoms with Gasteiger partial charge in [0.2, 0.25) is 0 Å². The summed E-state index contributed by atoms with van der Waals surface area (Å²) in [6.45, 7) is 7.20. The Bertz CT molecular complexity index is 1320. The number of carboxylic acid groups (broad SMARTS) is 1. The van der Waals surface area contributed by atoms with Gasteiger partial charge in [0.15, 0.2) is 0 Å². The predicted molar refractivity (Wildman–Crippen MR) is 207 cm³/mol. The summed E-state index contributed by atoms with van der Waals surface area (Å²) < 4.78 is 38.9. The average molecular weight is 723 g/mol. The lowest BCUT2D eigenvalue weighted by atomic mass is 9.71. The fourth-order valence-electron chi connectivity index (χ4n) is 6.99. The molecular weight excluding hydrogens is 655 g/mol. The SMILES string of the molecule is CCCCC(CCCC)(CCCC)CCCCCCCCCCCCCCCOC(=O)c1cc(S(=O)(=O)O)c2ccc(C(=O)[O-])cc2c1.[PH4+]. The smallest absolute Gasteiger partial charge is 0.338 e. The highest BCUT2D eigenvalue weighted by molar-refractivity contribution is 7.86. The zero-order valence-corrected chi connectivity index (χ0v) is 34.0. The van der Waals surface area contributed by atoms with Gasteiger partial charge in [0, 0.05) is 5.39 Å². The van der Waals surface area contributed by atoms with Crippen molar-refractivity contribution in [2.24, 2.45) is 5.41 Å². The lowest BCUT2D eigenvalue weighted by Gasteiger charge is -2.35. The molecule has 1 N–H and O–H groups in total. The van der Waals surface area contributed by atoms with E-state index in [1.165, 1.54) is 146 Å². The molecule has 0 aliphatic heterocycles. The first-order chi connectivity index (χ1) is 23.1. The molecule has 0 aromatic heterocycles. The van der Waals surface area contributed by atoms with Crippen LogP contribution in [0.25, 0.3) is 10.8 Å². The second-order valence-electron chi connectivity index (χ2n) is 14.0. The number of fused-ring (bicyclic) bond motifs is 1. The van der Waals surface area contributed by atoms with Crippen molar-refractivity contribution in [1.29, 1.82) is 0 Å². The van der Waals surface area contributed by atoms with Crippen LogP contribution < -0.4 is 5.11 Å². The number of unbranched alkanes of at least 4 members (excludes halogenated alkanes) is 15. The van der Waals surface area contributed by atoms with Gasteiger partial charge in [-0.25, -0.2) is 4.79 Å². The highest BCUT2D eigenvalue weighted by Crippen LogP contribution is 2.41. The lowest BCUT2D eigenvalue weighted by Crippen LogP contribution is -2.22. The number of hydrogen-bond donors (Lipinski definition) is 1. The van der Waals surface area contributed by atoms with Crippen LogP contribution in [0.15, 0.2) is 35.2 Å². The highest BCUT2D eigenvalue weighted by Gasteiger charge is 2.27. The topological polar surface area (TPSA) is 121 Å². The third-order valence-corrected chi connectivity index (χ3v) is 10.8. The maximum Gasteiger partial charge on any atom is 0.338 e. The molecule has 0 aliphatic rings. The van der Waals surface area contributed by atoms with Crippen LogP contribution in [0, 0.1) is 5.41 Å². The number of benzene rings is 2. The zero-order valence-electron chi connectivity index (χ0n) is 31.2. The van der Waals surface area contributed by atoms with Gasteiger partial charge in [-0.1, -0.05) is 148 Å². The Balaban J connectivity index is 0.0000120. The van der Waals surface area contributed by atoms with Crippen LogP contribution in [0.5, 0.6) is 0 Å². The van der Waals surface area contributed by atoms with Crippen LogP contribution in [-0.4, -0.2) is 31.5 Å². The molecule has 0 saturated heterocycles. The number of rotatable bonds is 28. The number of aromatic carboxylic acids is 1. The second kappa shape index (κ2) is 25.0. The average Bonchev–Trinajstić information content (AvgIpc) is 3.07.